The summed E-state index contributed by atoms with van der Waals surface area (Å²) in [5.74, 6) is -0.137. The highest BCUT2D eigenvalue weighted by Crippen LogP contribution is 2.35. The van der Waals surface area contributed by atoms with Crippen LogP contribution in [0.3, 0.4) is 0 Å². The van der Waals surface area contributed by atoms with Gasteiger partial charge in [0.1, 0.15) is 0 Å². The van der Waals surface area contributed by atoms with Gasteiger partial charge in [-0.3, -0.25) is 14.4 Å². The predicted molar refractivity (Wildman–Crippen MR) is 128 cm³/mol. The number of hydrogen-bond donors (Lipinski definition) is 0. The highest BCUT2D eigenvalue weighted by molar-refractivity contribution is 6.00. The molecule has 0 saturated carbocycles. The molecule has 2 fully saturated rings. The van der Waals surface area contributed by atoms with E-state index in [2.05, 4.69) is 13.0 Å². The summed E-state index contributed by atoms with van der Waals surface area (Å²) in [6.45, 7) is 5.71. The zero-order valence-electron chi connectivity index (χ0n) is 19.4. The molecule has 5 rings (SSSR count). The smallest absolute Gasteiger partial charge is 0.230 e. The zero-order chi connectivity index (χ0) is 23.1. The van der Waals surface area contributed by atoms with Crippen LogP contribution < -0.4 is 9.80 Å². The second-order valence-electron chi connectivity index (χ2n) is 9.73. The van der Waals surface area contributed by atoms with Crippen LogP contribution in [0, 0.1) is 18.8 Å². The number of para-hydroxylation sites is 1. The third kappa shape index (κ3) is 4.03. The molecule has 0 aliphatic carbocycles. The quantitative estimate of drug-likeness (QED) is 0.726. The molecular formula is C27H31N3O3. The fraction of sp³-hybridized carbons (Fsp3) is 0.444. The largest absolute Gasteiger partial charge is 0.342 e. The van der Waals surface area contributed by atoms with E-state index in [4.69, 9.17) is 0 Å². The maximum absolute atomic E-state index is 13.3. The van der Waals surface area contributed by atoms with E-state index in [0.29, 0.717) is 32.5 Å². The minimum Gasteiger partial charge on any atom is -0.342 e. The Morgan fingerprint density at radius 3 is 2.30 bits per heavy atom. The van der Waals surface area contributed by atoms with Gasteiger partial charge in [-0.1, -0.05) is 35.9 Å². The van der Waals surface area contributed by atoms with Crippen LogP contribution in [-0.2, 0) is 20.8 Å². The number of benzene rings is 2. The molecule has 172 valence electrons. The Hall–Kier alpha value is -3.15. The fourth-order valence-corrected chi connectivity index (χ4v) is 5.55. The Labute approximate surface area is 195 Å². The van der Waals surface area contributed by atoms with E-state index in [1.54, 1.807) is 4.90 Å². The Morgan fingerprint density at radius 1 is 0.879 bits per heavy atom. The van der Waals surface area contributed by atoms with E-state index in [9.17, 15) is 14.4 Å². The van der Waals surface area contributed by atoms with Gasteiger partial charge in [0.25, 0.3) is 0 Å². The number of fused-ring (bicyclic) bond motifs is 1. The lowest BCUT2D eigenvalue weighted by molar-refractivity contribution is -0.138. The first-order chi connectivity index (χ1) is 15.9. The van der Waals surface area contributed by atoms with Crippen molar-refractivity contribution in [2.24, 2.45) is 11.8 Å². The van der Waals surface area contributed by atoms with Gasteiger partial charge in [-0.2, -0.15) is 0 Å². The second-order valence-corrected chi connectivity index (χ2v) is 9.73. The minimum atomic E-state index is -0.309. The normalized spacial score (nSPS) is 23.2. The molecule has 3 heterocycles. The lowest BCUT2D eigenvalue weighted by atomic mass is 9.93. The number of piperidine rings is 1. The molecule has 3 aliphatic rings. The Bertz CT molecular complexity index is 1070. The van der Waals surface area contributed by atoms with Gasteiger partial charge in [-0.25, -0.2) is 0 Å². The molecule has 0 N–H and O–H groups in total. The molecule has 0 unspecified atom stereocenters. The summed E-state index contributed by atoms with van der Waals surface area (Å²) in [6.07, 6.45) is 2.51. The Morgan fingerprint density at radius 2 is 1.58 bits per heavy atom. The summed E-state index contributed by atoms with van der Waals surface area (Å²) in [5.41, 5.74) is 4.26. The molecule has 2 aromatic rings. The first-order valence-electron chi connectivity index (χ1n) is 12.0. The molecule has 3 aliphatic heterocycles. The summed E-state index contributed by atoms with van der Waals surface area (Å²) in [4.78, 5) is 44.7. The molecule has 6 heteroatoms. The van der Waals surface area contributed by atoms with Crippen molar-refractivity contribution >= 4 is 29.1 Å². The summed E-state index contributed by atoms with van der Waals surface area (Å²) in [7, 11) is 0. The predicted octanol–water partition coefficient (Wildman–Crippen LogP) is 3.56. The number of amides is 3. The molecule has 0 aromatic heterocycles. The number of carbonyl (C=O) groups is 3. The molecule has 2 aromatic carbocycles. The number of nitrogens with zero attached hydrogens (tertiary/aromatic N) is 3. The summed E-state index contributed by atoms with van der Waals surface area (Å²) in [5, 5.41) is 0. The van der Waals surface area contributed by atoms with Gasteiger partial charge in [0.2, 0.25) is 17.7 Å². The SMILES string of the molecule is Cc1ccc(N2C[C@H](C(=O)N3CCC(C(=O)N4c5ccccc5C[C@@H]4C)CC3)CC2=O)cc1. The van der Waals surface area contributed by atoms with E-state index in [0.717, 1.165) is 23.4 Å². The summed E-state index contributed by atoms with van der Waals surface area (Å²) < 4.78 is 0. The van der Waals surface area contributed by atoms with E-state index < -0.39 is 0 Å². The van der Waals surface area contributed by atoms with E-state index in [-0.39, 0.29) is 42.0 Å². The van der Waals surface area contributed by atoms with Crippen molar-refractivity contribution in [2.75, 3.05) is 29.4 Å². The number of rotatable bonds is 3. The van der Waals surface area contributed by atoms with Crippen molar-refractivity contribution in [2.45, 2.75) is 45.6 Å². The van der Waals surface area contributed by atoms with Gasteiger partial charge in [0.15, 0.2) is 0 Å². The Kier molecular flexibility index (Phi) is 5.69. The molecule has 2 atom stereocenters. The van der Waals surface area contributed by atoms with Gasteiger partial charge in [0.05, 0.1) is 5.92 Å². The molecule has 0 radical (unpaired) electrons. The topological polar surface area (TPSA) is 60.9 Å². The standard InChI is InChI=1S/C27H31N3O3/c1-18-7-9-23(10-8-18)29-17-22(16-25(29)31)26(32)28-13-11-20(12-14-28)27(33)30-19(2)15-21-5-3-4-6-24(21)30/h3-10,19-20,22H,11-17H2,1-2H3/t19-,22+/m0/s1. The van der Waals surface area contributed by atoms with E-state index in [1.807, 2.05) is 59.2 Å². The fourth-order valence-electron chi connectivity index (χ4n) is 5.55. The van der Waals surface area contributed by atoms with Gasteiger partial charge >= 0.3 is 0 Å². The zero-order valence-corrected chi connectivity index (χ0v) is 19.4. The number of aryl methyl sites for hydroxylation is 1. The second kappa shape index (κ2) is 8.65. The molecule has 2 saturated heterocycles. The van der Waals surface area contributed by atoms with Crippen molar-refractivity contribution in [1.29, 1.82) is 0 Å². The van der Waals surface area contributed by atoms with Crippen LogP contribution in [0.15, 0.2) is 48.5 Å². The van der Waals surface area contributed by atoms with Crippen LogP contribution in [0.25, 0.3) is 0 Å². The number of carbonyl (C=O) groups excluding carboxylic acids is 3. The van der Waals surface area contributed by atoms with E-state index in [1.165, 1.54) is 5.56 Å². The molecule has 3 amide bonds. The summed E-state index contributed by atoms with van der Waals surface area (Å²) >= 11 is 0. The summed E-state index contributed by atoms with van der Waals surface area (Å²) in [6, 6.07) is 16.2. The maximum Gasteiger partial charge on any atom is 0.230 e. The highest BCUT2D eigenvalue weighted by Gasteiger charge is 2.40. The van der Waals surface area contributed by atoms with Gasteiger partial charge in [0, 0.05) is 49.4 Å². The van der Waals surface area contributed by atoms with Crippen molar-refractivity contribution in [1.82, 2.24) is 4.90 Å². The molecule has 0 spiro atoms. The lowest BCUT2D eigenvalue weighted by Crippen LogP contribution is -2.47. The monoisotopic (exact) mass is 445 g/mol. The third-order valence-corrected chi connectivity index (χ3v) is 7.42. The Balaban J connectivity index is 1.19. The average molecular weight is 446 g/mol. The van der Waals surface area contributed by atoms with Crippen LogP contribution >= 0.6 is 0 Å². The molecular weight excluding hydrogens is 414 g/mol. The van der Waals surface area contributed by atoms with Crippen molar-refractivity contribution in [3.05, 3.63) is 59.7 Å². The molecule has 33 heavy (non-hydrogen) atoms. The van der Waals surface area contributed by atoms with E-state index >= 15 is 0 Å². The maximum atomic E-state index is 13.3. The average Bonchev–Trinajstić information content (AvgIpc) is 3.38. The van der Waals surface area contributed by atoms with Crippen LogP contribution in [-0.4, -0.2) is 48.3 Å². The van der Waals surface area contributed by atoms with Gasteiger partial charge < -0.3 is 14.7 Å². The first-order valence-corrected chi connectivity index (χ1v) is 12.0. The first kappa shape index (κ1) is 21.7. The molecule has 0 bridgehead atoms. The van der Waals surface area contributed by atoms with Crippen molar-refractivity contribution in [3.63, 3.8) is 0 Å². The van der Waals surface area contributed by atoms with Crippen LogP contribution in [0.1, 0.15) is 37.3 Å². The van der Waals surface area contributed by atoms with Gasteiger partial charge in [-0.05, 0) is 56.9 Å². The van der Waals surface area contributed by atoms with Crippen LogP contribution in [0.4, 0.5) is 11.4 Å². The number of hydrogen-bond acceptors (Lipinski definition) is 3. The van der Waals surface area contributed by atoms with Crippen LogP contribution in [0.2, 0.25) is 0 Å². The number of likely N-dealkylation sites (tertiary alicyclic amines) is 1. The van der Waals surface area contributed by atoms with Crippen LogP contribution in [0.5, 0.6) is 0 Å². The number of anilines is 2. The van der Waals surface area contributed by atoms with Crippen molar-refractivity contribution in [3.8, 4) is 0 Å². The van der Waals surface area contributed by atoms with Gasteiger partial charge in [-0.15, -0.1) is 0 Å². The molecule has 6 nitrogen and oxygen atoms in total. The highest BCUT2D eigenvalue weighted by atomic mass is 16.2. The lowest BCUT2D eigenvalue weighted by Gasteiger charge is -2.35. The minimum absolute atomic E-state index is 0.00366. The third-order valence-electron chi connectivity index (χ3n) is 7.42. The van der Waals surface area contributed by atoms with Crippen molar-refractivity contribution < 1.29 is 14.4 Å².